The maximum atomic E-state index is 12.5. The van der Waals surface area contributed by atoms with Crippen LogP contribution in [0.15, 0.2) is 36.4 Å². The molecule has 0 fully saturated rings. The molecular formula is C16H17NO. The van der Waals surface area contributed by atoms with Crippen molar-refractivity contribution in [2.24, 2.45) is 0 Å². The second-order valence-corrected chi connectivity index (χ2v) is 4.67. The van der Waals surface area contributed by atoms with Crippen LogP contribution in [0.4, 0.5) is 5.69 Å². The molecule has 0 bridgehead atoms. The molecular weight excluding hydrogens is 222 g/mol. The summed E-state index contributed by atoms with van der Waals surface area (Å²) in [5, 5.41) is 0. The Hall–Kier alpha value is -2.09. The summed E-state index contributed by atoms with van der Waals surface area (Å²) in [7, 11) is 0. The van der Waals surface area contributed by atoms with Crippen molar-refractivity contribution in [2.45, 2.75) is 20.8 Å². The largest absolute Gasteiger partial charge is 0.399 e. The lowest BCUT2D eigenvalue weighted by molar-refractivity contribution is 0.103. The monoisotopic (exact) mass is 239 g/mol. The number of carbonyl (C=O) groups is 1. The second kappa shape index (κ2) is 4.65. The summed E-state index contributed by atoms with van der Waals surface area (Å²) in [5.74, 6) is 0.0636. The van der Waals surface area contributed by atoms with E-state index in [1.165, 1.54) is 0 Å². The Labute approximate surface area is 107 Å². The molecule has 2 N–H and O–H groups in total. The van der Waals surface area contributed by atoms with E-state index in [2.05, 4.69) is 0 Å². The number of ketones is 1. The SMILES string of the molecule is Cc1cc(C(=O)c2c(C)cccc2C)ccc1N. The molecule has 92 valence electrons. The summed E-state index contributed by atoms with van der Waals surface area (Å²) in [6.45, 7) is 5.84. The number of benzene rings is 2. The Bertz CT molecular complexity index is 594. The maximum absolute atomic E-state index is 12.5. The van der Waals surface area contributed by atoms with Crippen LogP contribution >= 0.6 is 0 Å². The summed E-state index contributed by atoms with van der Waals surface area (Å²) >= 11 is 0. The summed E-state index contributed by atoms with van der Waals surface area (Å²) in [6.07, 6.45) is 0. The number of carbonyl (C=O) groups excluding carboxylic acids is 1. The normalized spacial score (nSPS) is 10.4. The molecule has 0 unspecified atom stereocenters. The Morgan fingerprint density at radius 1 is 0.944 bits per heavy atom. The van der Waals surface area contributed by atoms with Crippen LogP contribution in [-0.4, -0.2) is 5.78 Å². The van der Waals surface area contributed by atoms with Crippen molar-refractivity contribution in [3.63, 3.8) is 0 Å². The molecule has 2 heteroatoms. The minimum atomic E-state index is 0.0636. The molecule has 0 saturated carbocycles. The fraction of sp³-hybridized carbons (Fsp3) is 0.188. The van der Waals surface area contributed by atoms with Gasteiger partial charge >= 0.3 is 0 Å². The zero-order valence-electron chi connectivity index (χ0n) is 10.9. The average molecular weight is 239 g/mol. The zero-order chi connectivity index (χ0) is 13.3. The topological polar surface area (TPSA) is 43.1 Å². The third-order valence-corrected chi connectivity index (χ3v) is 3.24. The van der Waals surface area contributed by atoms with E-state index in [-0.39, 0.29) is 5.78 Å². The molecule has 2 rings (SSSR count). The van der Waals surface area contributed by atoms with Gasteiger partial charge in [-0.05, 0) is 55.7 Å². The lowest BCUT2D eigenvalue weighted by Crippen LogP contribution is -2.07. The number of nitrogen functional groups attached to an aromatic ring is 1. The highest BCUT2D eigenvalue weighted by atomic mass is 16.1. The van der Waals surface area contributed by atoms with Crippen LogP contribution < -0.4 is 5.73 Å². The maximum Gasteiger partial charge on any atom is 0.193 e. The lowest BCUT2D eigenvalue weighted by Gasteiger charge is -2.09. The number of hydrogen-bond acceptors (Lipinski definition) is 2. The van der Waals surface area contributed by atoms with Gasteiger partial charge in [0, 0.05) is 16.8 Å². The Kier molecular flexibility index (Phi) is 3.19. The van der Waals surface area contributed by atoms with Gasteiger partial charge in [-0.25, -0.2) is 0 Å². The van der Waals surface area contributed by atoms with Crippen LogP contribution in [0.3, 0.4) is 0 Å². The van der Waals surface area contributed by atoms with E-state index in [4.69, 9.17) is 5.73 Å². The Morgan fingerprint density at radius 2 is 1.56 bits per heavy atom. The van der Waals surface area contributed by atoms with Crippen LogP contribution in [0, 0.1) is 20.8 Å². The molecule has 0 heterocycles. The van der Waals surface area contributed by atoms with E-state index in [1.54, 1.807) is 12.1 Å². The number of nitrogens with two attached hydrogens (primary N) is 1. The van der Waals surface area contributed by atoms with E-state index in [0.717, 1.165) is 22.3 Å². The van der Waals surface area contributed by atoms with Crippen molar-refractivity contribution in [3.05, 3.63) is 64.2 Å². The molecule has 2 aromatic rings. The summed E-state index contributed by atoms with van der Waals surface area (Å²) < 4.78 is 0. The molecule has 0 saturated heterocycles. The first-order valence-corrected chi connectivity index (χ1v) is 5.97. The van der Waals surface area contributed by atoms with Crippen molar-refractivity contribution < 1.29 is 4.79 Å². The predicted molar refractivity (Wildman–Crippen MR) is 74.9 cm³/mol. The van der Waals surface area contributed by atoms with E-state index >= 15 is 0 Å². The van der Waals surface area contributed by atoms with Gasteiger partial charge in [0.1, 0.15) is 0 Å². The van der Waals surface area contributed by atoms with Gasteiger partial charge in [-0.3, -0.25) is 4.79 Å². The van der Waals surface area contributed by atoms with Crippen molar-refractivity contribution >= 4 is 11.5 Å². The smallest absolute Gasteiger partial charge is 0.193 e. The van der Waals surface area contributed by atoms with Crippen molar-refractivity contribution in [1.29, 1.82) is 0 Å². The van der Waals surface area contributed by atoms with Gasteiger partial charge in [0.15, 0.2) is 5.78 Å². The minimum Gasteiger partial charge on any atom is -0.399 e. The van der Waals surface area contributed by atoms with E-state index in [0.29, 0.717) is 11.3 Å². The molecule has 0 radical (unpaired) electrons. The predicted octanol–water partition coefficient (Wildman–Crippen LogP) is 3.43. The molecule has 0 aliphatic heterocycles. The molecule has 0 spiro atoms. The molecule has 0 atom stereocenters. The van der Waals surface area contributed by atoms with Crippen LogP contribution in [0.1, 0.15) is 32.6 Å². The van der Waals surface area contributed by atoms with Crippen LogP contribution in [-0.2, 0) is 0 Å². The molecule has 0 aliphatic rings. The number of hydrogen-bond donors (Lipinski definition) is 1. The molecule has 0 amide bonds. The number of anilines is 1. The molecule has 18 heavy (non-hydrogen) atoms. The molecule has 2 aromatic carbocycles. The van der Waals surface area contributed by atoms with Crippen LogP contribution in [0.2, 0.25) is 0 Å². The third kappa shape index (κ3) is 2.14. The molecule has 0 aliphatic carbocycles. The average Bonchev–Trinajstić information content (AvgIpc) is 2.32. The minimum absolute atomic E-state index is 0.0636. The van der Waals surface area contributed by atoms with Gasteiger partial charge in [-0.2, -0.15) is 0 Å². The van der Waals surface area contributed by atoms with Gasteiger partial charge in [0.05, 0.1) is 0 Å². The first-order valence-electron chi connectivity index (χ1n) is 5.97. The first-order chi connectivity index (χ1) is 8.50. The van der Waals surface area contributed by atoms with Crippen LogP contribution in [0.25, 0.3) is 0 Å². The zero-order valence-corrected chi connectivity index (χ0v) is 10.9. The van der Waals surface area contributed by atoms with Crippen LogP contribution in [0.5, 0.6) is 0 Å². The van der Waals surface area contributed by atoms with E-state index < -0.39 is 0 Å². The highest BCUT2D eigenvalue weighted by Crippen LogP contribution is 2.20. The summed E-state index contributed by atoms with van der Waals surface area (Å²) in [5.41, 5.74) is 10.9. The second-order valence-electron chi connectivity index (χ2n) is 4.67. The fourth-order valence-electron chi connectivity index (χ4n) is 2.13. The Balaban J connectivity index is 2.51. The standard InChI is InChI=1S/C16H17NO/c1-10-5-4-6-11(2)15(10)16(18)13-7-8-14(17)12(3)9-13/h4-9H,17H2,1-3H3. The first kappa shape index (κ1) is 12.4. The highest BCUT2D eigenvalue weighted by molar-refractivity contribution is 6.11. The van der Waals surface area contributed by atoms with Crippen molar-refractivity contribution in [2.75, 3.05) is 5.73 Å². The van der Waals surface area contributed by atoms with Gasteiger partial charge in [0.25, 0.3) is 0 Å². The third-order valence-electron chi connectivity index (χ3n) is 3.24. The van der Waals surface area contributed by atoms with Gasteiger partial charge in [0.2, 0.25) is 0 Å². The van der Waals surface area contributed by atoms with Gasteiger partial charge < -0.3 is 5.73 Å². The lowest BCUT2D eigenvalue weighted by atomic mass is 9.94. The summed E-state index contributed by atoms with van der Waals surface area (Å²) in [6, 6.07) is 11.3. The number of rotatable bonds is 2. The summed E-state index contributed by atoms with van der Waals surface area (Å²) in [4.78, 5) is 12.5. The van der Waals surface area contributed by atoms with Gasteiger partial charge in [-0.15, -0.1) is 0 Å². The fourth-order valence-corrected chi connectivity index (χ4v) is 2.13. The number of aryl methyl sites for hydroxylation is 3. The Morgan fingerprint density at radius 3 is 2.11 bits per heavy atom. The van der Waals surface area contributed by atoms with E-state index in [1.807, 2.05) is 45.0 Å². The highest BCUT2D eigenvalue weighted by Gasteiger charge is 2.14. The van der Waals surface area contributed by atoms with E-state index in [9.17, 15) is 4.79 Å². The van der Waals surface area contributed by atoms with Gasteiger partial charge in [-0.1, -0.05) is 18.2 Å². The molecule has 2 nitrogen and oxygen atoms in total. The quantitative estimate of drug-likeness (QED) is 0.644. The van der Waals surface area contributed by atoms with Crippen molar-refractivity contribution in [1.82, 2.24) is 0 Å². The van der Waals surface area contributed by atoms with Crippen molar-refractivity contribution in [3.8, 4) is 0 Å². The molecule has 0 aromatic heterocycles.